The second-order valence-electron chi connectivity index (χ2n) is 7.13. The Balaban J connectivity index is 2.12. The van der Waals surface area contributed by atoms with E-state index < -0.39 is 0 Å². The van der Waals surface area contributed by atoms with Gasteiger partial charge in [-0.05, 0) is 70.0 Å². The van der Waals surface area contributed by atoms with Crippen molar-refractivity contribution in [1.29, 1.82) is 0 Å². The standard InChI is InChI=1S/C17H34N2OS/c1-5-17(6-2,19(3)4)15(18)14-7-10-20-16(13-14)8-11-21-12-9-16/h14-15H,5-13,18H2,1-4H3. The summed E-state index contributed by atoms with van der Waals surface area (Å²) in [5.41, 5.74) is 7.11. The molecule has 2 aliphatic rings. The summed E-state index contributed by atoms with van der Waals surface area (Å²) < 4.78 is 6.24. The highest BCUT2D eigenvalue weighted by molar-refractivity contribution is 7.99. The topological polar surface area (TPSA) is 38.5 Å². The van der Waals surface area contributed by atoms with Crippen LogP contribution in [0.4, 0.5) is 0 Å². The fourth-order valence-corrected chi connectivity index (χ4v) is 5.79. The van der Waals surface area contributed by atoms with E-state index in [9.17, 15) is 0 Å². The number of hydrogen-bond donors (Lipinski definition) is 1. The molecule has 2 rings (SSSR count). The van der Waals surface area contributed by atoms with E-state index in [1.807, 2.05) is 0 Å². The third-order valence-corrected chi connectivity index (χ3v) is 7.16. The van der Waals surface area contributed by atoms with Gasteiger partial charge >= 0.3 is 0 Å². The Morgan fingerprint density at radius 3 is 2.43 bits per heavy atom. The van der Waals surface area contributed by atoms with Gasteiger partial charge in [0.2, 0.25) is 0 Å². The van der Waals surface area contributed by atoms with Gasteiger partial charge in [0.15, 0.2) is 0 Å². The number of nitrogens with two attached hydrogens (primary N) is 1. The summed E-state index contributed by atoms with van der Waals surface area (Å²) in [6.07, 6.45) is 6.98. The zero-order valence-corrected chi connectivity index (χ0v) is 15.2. The molecule has 0 bridgehead atoms. The molecule has 2 heterocycles. The van der Waals surface area contributed by atoms with Crippen LogP contribution < -0.4 is 5.73 Å². The molecule has 2 fully saturated rings. The lowest BCUT2D eigenvalue weighted by Gasteiger charge is -2.51. The van der Waals surface area contributed by atoms with Crippen LogP contribution >= 0.6 is 11.8 Å². The SMILES string of the molecule is CCC(CC)(C(N)C1CCOC2(CCSCC2)C1)N(C)C. The van der Waals surface area contributed by atoms with Crippen LogP contribution in [0.5, 0.6) is 0 Å². The molecule has 2 atom stereocenters. The zero-order valence-electron chi connectivity index (χ0n) is 14.4. The number of thioether (sulfide) groups is 1. The van der Waals surface area contributed by atoms with E-state index in [-0.39, 0.29) is 17.2 Å². The molecule has 0 radical (unpaired) electrons. The van der Waals surface area contributed by atoms with Gasteiger partial charge in [-0.25, -0.2) is 0 Å². The molecule has 4 heteroatoms. The van der Waals surface area contributed by atoms with E-state index in [1.54, 1.807) is 0 Å². The molecule has 2 unspecified atom stereocenters. The molecule has 2 N–H and O–H groups in total. The minimum absolute atomic E-state index is 0.132. The summed E-state index contributed by atoms with van der Waals surface area (Å²) >= 11 is 2.07. The quantitative estimate of drug-likeness (QED) is 0.846. The van der Waals surface area contributed by atoms with Crippen LogP contribution in [-0.4, -0.2) is 54.3 Å². The first kappa shape index (κ1) is 17.6. The third kappa shape index (κ3) is 3.44. The number of ether oxygens (including phenoxy) is 1. The second-order valence-corrected chi connectivity index (χ2v) is 8.35. The average Bonchev–Trinajstić information content (AvgIpc) is 2.49. The molecule has 124 valence electrons. The minimum Gasteiger partial charge on any atom is -0.375 e. The first-order chi connectivity index (χ1) is 9.99. The van der Waals surface area contributed by atoms with Crippen molar-refractivity contribution in [2.24, 2.45) is 11.7 Å². The largest absolute Gasteiger partial charge is 0.375 e. The number of likely N-dealkylation sites (N-methyl/N-ethyl adjacent to an activating group) is 1. The van der Waals surface area contributed by atoms with Gasteiger partial charge in [0.25, 0.3) is 0 Å². The molecule has 0 aromatic heterocycles. The first-order valence-electron chi connectivity index (χ1n) is 8.64. The highest BCUT2D eigenvalue weighted by atomic mass is 32.2. The molecule has 2 aliphatic heterocycles. The fraction of sp³-hybridized carbons (Fsp3) is 1.00. The van der Waals surface area contributed by atoms with E-state index in [4.69, 9.17) is 10.5 Å². The summed E-state index contributed by atoms with van der Waals surface area (Å²) in [7, 11) is 4.39. The molecule has 0 aliphatic carbocycles. The molecule has 0 saturated carbocycles. The van der Waals surface area contributed by atoms with E-state index in [1.165, 1.54) is 30.8 Å². The second kappa shape index (κ2) is 7.20. The summed E-state index contributed by atoms with van der Waals surface area (Å²) in [4.78, 5) is 2.37. The van der Waals surface area contributed by atoms with Crippen molar-refractivity contribution in [2.75, 3.05) is 32.2 Å². The van der Waals surface area contributed by atoms with Gasteiger partial charge in [0.1, 0.15) is 0 Å². The maximum Gasteiger partial charge on any atom is 0.0701 e. The van der Waals surface area contributed by atoms with Gasteiger partial charge in [-0.15, -0.1) is 0 Å². The van der Waals surface area contributed by atoms with Crippen molar-refractivity contribution in [1.82, 2.24) is 4.90 Å². The normalized spacial score (nSPS) is 28.0. The van der Waals surface area contributed by atoms with Gasteiger partial charge in [-0.3, -0.25) is 0 Å². The fourth-order valence-electron chi connectivity index (χ4n) is 4.55. The Kier molecular flexibility index (Phi) is 6.03. The smallest absolute Gasteiger partial charge is 0.0701 e. The van der Waals surface area contributed by atoms with E-state index in [0.29, 0.717) is 5.92 Å². The van der Waals surface area contributed by atoms with E-state index in [0.717, 1.165) is 25.9 Å². The van der Waals surface area contributed by atoms with Gasteiger partial charge in [0, 0.05) is 18.2 Å². The predicted octanol–water partition coefficient (Wildman–Crippen LogP) is 3.13. The lowest BCUT2D eigenvalue weighted by Crippen LogP contribution is -2.61. The Hall–Kier alpha value is 0.230. The summed E-state index contributed by atoms with van der Waals surface area (Å²) in [6.45, 7) is 5.48. The minimum atomic E-state index is 0.132. The van der Waals surface area contributed by atoms with Crippen molar-refractivity contribution in [2.45, 2.75) is 69.6 Å². The highest BCUT2D eigenvalue weighted by Gasteiger charge is 2.46. The van der Waals surface area contributed by atoms with Crippen LogP contribution in [0, 0.1) is 5.92 Å². The van der Waals surface area contributed by atoms with Gasteiger partial charge in [0.05, 0.1) is 5.60 Å². The van der Waals surface area contributed by atoms with Gasteiger partial charge in [-0.2, -0.15) is 11.8 Å². The Bertz CT molecular complexity index is 319. The molecule has 2 saturated heterocycles. The molecule has 0 aromatic rings. The predicted molar refractivity (Wildman–Crippen MR) is 92.9 cm³/mol. The van der Waals surface area contributed by atoms with Crippen molar-refractivity contribution in [3.05, 3.63) is 0 Å². The van der Waals surface area contributed by atoms with Crippen LogP contribution in [0.1, 0.15) is 52.4 Å². The number of nitrogens with zero attached hydrogens (tertiary/aromatic N) is 1. The Morgan fingerprint density at radius 2 is 1.90 bits per heavy atom. The van der Waals surface area contributed by atoms with Crippen molar-refractivity contribution < 1.29 is 4.74 Å². The van der Waals surface area contributed by atoms with Crippen LogP contribution in [-0.2, 0) is 4.74 Å². The Labute approximate surface area is 135 Å². The molecule has 3 nitrogen and oxygen atoms in total. The van der Waals surface area contributed by atoms with Crippen molar-refractivity contribution in [3.8, 4) is 0 Å². The molecular weight excluding hydrogens is 280 g/mol. The molecule has 0 aromatic carbocycles. The zero-order chi connectivity index (χ0) is 15.5. The van der Waals surface area contributed by atoms with Crippen LogP contribution in [0.3, 0.4) is 0 Å². The summed E-state index contributed by atoms with van der Waals surface area (Å²) in [5.74, 6) is 3.11. The molecule has 0 amide bonds. The van der Waals surface area contributed by atoms with Gasteiger partial charge < -0.3 is 15.4 Å². The Morgan fingerprint density at radius 1 is 1.29 bits per heavy atom. The van der Waals surface area contributed by atoms with Gasteiger partial charge in [-0.1, -0.05) is 13.8 Å². The van der Waals surface area contributed by atoms with Crippen molar-refractivity contribution >= 4 is 11.8 Å². The van der Waals surface area contributed by atoms with Crippen LogP contribution in [0.2, 0.25) is 0 Å². The third-order valence-electron chi connectivity index (χ3n) is 6.18. The number of rotatable bonds is 5. The summed E-state index contributed by atoms with van der Waals surface area (Å²) in [5, 5.41) is 0. The summed E-state index contributed by atoms with van der Waals surface area (Å²) in [6, 6.07) is 0.248. The molecule has 1 spiro atoms. The van der Waals surface area contributed by atoms with E-state index in [2.05, 4.69) is 44.6 Å². The van der Waals surface area contributed by atoms with E-state index >= 15 is 0 Å². The maximum absolute atomic E-state index is 6.84. The lowest BCUT2D eigenvalue weighted by atomic mass is 9.70. The molecular formula is C17H34N2OS. The lowest BCUT2D eigenvalue weighted by molar-refractivity contribution is -0.113. The number of hydrogen-bond acceptors (Lipinski definition) is 4. The first-order valence-corrected chi connectivity index (χ1v) is 9.80. The maximum atomic E-state index is 6.84. The average molecular weight is 315 g/mol. The van der Waals surface area contributed by atoms with Crippen LogP contribution in [0.15, 0.2) is 0 Å². The highest BCUT2D eigenvalue weighted by Crippen LogP contribution is 2.43. The van der Waals surface area contributed by atoms with Crippen molar-refractivity contribution in [3.63, 3.8) is 0 Å². The van der Waals surface area contributed by atoms with Crippen LogP contribution in [0.25, 0.3) is 0 Å². The molecule has 21 heavy (non-hydrogen) atoms. The monoisotopic (exact) mass is 314 g/mol.